The Balaban J connectivity index is 0.942. The molecule has 11 aromatic rings. The Morgan fingerprint density at radius 3 is 1.55 bits per heavy atom. The van der Waals surface area contributed by atoms with Gasteiger partial charge in [-0.2, -0.15) is 0 Å². The lowest BCUT2D eigenvalue weighted by molar-refractivity contribution is 0.332. The van der Waals surface area contributed by atoms with E-state index >= 15 is 0 Å². The van der Waals surface area contributed by atoms with Crippen molar-refractivity contribution in [1.82, 2.24) is 9.97 Å². The number of pyridine rings is 2. The van der Waals surface area contributed by atoms with Crippen LogP contribution in [0.4, 0.5) is 51.3 Å². The van der Waals surface area contributed by atoms with Crippen LogP contribution < -0.4 is 51.5 Å². The van der Waals surface area contributed by atoms with Gasteiger partial charge in [-0.05, 0) is 164 Å². The van der Waals surface area contributed by atoms with Crippen LogP contribution in [0.1, 0.15) is 103 Å². The Morgan fingerprint density at radius 1 is 0.412 bits per heavy atom. The van der Waals surface area contributed by atoms with E-state index in [9.17, 15) is 0 Å². The monoisotopic (exact) mass is 1120 g/mol. The number of hydrogen-bond donors (Lipinski definition) is 0. The van der Waals surface area contributed by atoms with Crippen LogP contribution in [0.25, 0.3) is 32.6 Å². The van der Waals surface area contributed by atoms with Crippen LogP contribution in [0.5, 0.6) is 11.6 Å². The smallest absolute Gasteiger partial charge is 0.271 e. The van der Waals surface area contributed by atoms with Crippen molar-refractivity contribution >= 4 is 118 Å². The van der Waals surface area contributed by atoms with Crippen molar-refractivity contribution in [2.75, 3.05) is 14.7 Å². The van der Waals surface area contributed by atoms with E-state index in [4.69, 9.17) is 14.7 Å². The molecule has 6 aliphatic rings. The van der Waals surface area contributed by atoms with Crippen LogP contribution >= 0.6 is 11.3 Å². The van der Waals surface area contributed by atoms with Crippen LogP contribution in [0.2, 0.25) is 0 Å². The minimum Gasteiger partial charge on any atom is -0.440 e. The van der Waals surface area contributed by atoms with Crippen molar-refractivity contribution in [3.63, 3.8) is 0 Å². The molecule has 7 heterocycles. The standard InChI is InChI=1S/C76H65B2N5OS/c1-73(2)36-38-75(5,6)54-40-46(32-34-52(54)73)59-43-63-67-71(79-59)83(50-26-16-11-17-27-50)62-45-65-58(42-57(62)77(67)56-29-19-20-30-61(56)81(63)48-22-12-9-13-23-48)78-68-64(82(49-24-14-10-15-25-49)69-51-28-18-21-31-66(51)85-70(69)78)44-60(80-72(68)84-65)47-33-35-53-55(41-47)76(7,8)39-37-74(53,3)4/h9-35,40-45H,36-39H2,1-8H3. The summed E-state index contributed by atoms with van der Waals surface area (Å²) in [6.07, 6.45) is 4.58. The number of thiophene rings is 1. The molecule has 0 radical (unpaired) electrons. The number of anilines is 9. The molecule has 412 valence electrons. The van der Waals surface area contributed by atoms with Crippen LogP contribution in [0.3, 0.4) is 0 Å². The highest BCUT2D eigenvalue weighted by atomic mass is 32.1. The molecule has 4 aliphatic heterocycles. The van der Waals surface area contributed by atoms with Crippen molar-refractivity contribution < 1.29 is 4.74 Å². The zero-order chi connectivity index (χ0) is 57.5. The number of hydrogen-bond acceptors (Lipinski definition) is 7. The second kappa shape index (κ2) is 17.9. The summed E-state index contributed by atoms with van der Waals surface area (Å²) in [7, 11) is 0. The van der Waals surface area contributed by atoms with E-state index < -0.39 is 0 Å². The first-order valence-corrected chi connectivity index (χ1v) is 31.4. The third kappa shape index (κ3) is 7.45. The van der Waals surface area contributed by atoms with Gasteiger partial charge in [0.15, 0.2) is 0 Å². The van der Waals surface area contributed by atoms with Crippen molar-refractivity contribution in [3.8, 4) is 34.1 Å². The zero-order valence-corrected chi connectivity index (χ0v) is 50.4. The zero-order valence-electron chi connectivity index (χ0n) is 49.6. The Morgan fingerprint density at radius 2 is 0.929 bits per heavy atom. The van der Waals surface area contributed by atoms with E-state index in [0.717, 1.165) is 111 Å². The molecule has 2 aliphatic carbocycles. The van der Waals surface area contributed by atoms with Crippen molar-refractivity contribution in [2.24, 2.45) is 0 Å². The molecule has 0 atom stereocenters. The molecule has 0 unspecified atom stereocenters. The molecule has 8 aromatic carbocycles. The van der Waals surface area contributed by atoms with Gasteiger partial charge in [0.2, 0.25) is 5.88 Å². The van der Waals surface area contributed by atoms with Gasteiger partial charge >= 0.3 is 0 Å². The number of aromatic nitrogens is 2. The van der Waals surface area contributed by atoms with Gasteiger partial charge in [0.25, 0.3) is 13.4 Å². The highest BCUT2D eigenvalue weighted by Crippen LogP contribution is 2.53. The quantitative estimate of drug-likeness (QED) is 0.160. The maximum Gasteiger partial charge on any atom is 0.271 e. The second-order valence-electron chi connectivity index (χ2n) is 27.4. The van der Waals surface area contributed by atoms with Gasteiger partial charge in [0, 0.05) is 77.3 Å². The van der Waals surface area contributed by atoms with Crippen molar-refractivity contribution in [1.29, 1.82) is 0 Å². The average Bonchev–Trinajstić information content (AvgIpc) is 1.64. The molecule has 9 heteroatoms. The van der Waals surface area contributed by atoms with Gasteiger partial charge in [-0.1, -0.05) is 177 Å². The van der Waals surface area contributed by atoms with Crippen LogP contribution in [-0.4, -0.2) is 23.4 Å². The van der Waals surface area contributed by atoms with E-state index in [2.05, 4.69) is 270 Å². The van der Waals surface area contributed by atoms with E-state index in [1.54, 1.807) is 0 Å². The van der Waals surface area contributed by atoms with Crippen LogP contribution in [-0.2, 0) is 21.7 Å². The summed E-state index contributed by atoms with van der Waals surface area (Å²) in [4.78, 5) is 19.2. The Labute approximate surface area is 504 Å². The number of benzene rings is 8. The molecule has 17 rings (SSSR count). The number of ether oxygens (including phenoxy) is 1. The summed E-state index contributed by atoms with van der Waals surface area (Å²) in [5.74, 6) is 2.38. The first kappa shape index (κ1) is 50.8. The lowest BCUT2D eigenvalue weighted by Crippen LogP contribution is -2.64. The summed E-state index contributed by atoms with van der Waals surface area (Å²) >= 11 is 1.90. The second-order valence-corrected chi connectivity index (χ2v) is 28.4. The Hall–Kier alpha value is -8.65. The lowest BCUT2D eigenvalue weighted by Gasteiger charge is -2.44. The molecule has 0 spiro atoms. The van der Waals surface area contributed by atoms with E-state index in [0.29, 0.717) is 5.88 Å². The largest absolute Gasteiger partial charge is 0.440 e. The SMILES string of the molecule is CC1(C)CCC(C)(C)c2cc(-c3cc4c5c(n3)Oc3cc6c(cc3B5c3sc5ccccc5c3N4c3ccccc3)B3c4ccccc4N(c4ccccc4)c4cc(-c5ccc7c(c5)C(C)(C)CCC7(C)C)nc(c43)N6c3ccccc3)ccc21. The molecule has 0 N–H and O–H groups in total. The fourth-order valence-electron chi connectivity index (χ4n) is 15.7. The normalized spacial score (nSPS) is 17.3. The lowest BCUT2D eigenvalue weighted by atomic mass is 9.31. The van der Waals surface area contributed by atoms with Gasteiger partial charge in [0.05, 0.1) is 17.1 Å². The summed E-state index contributed by atoms with van der Waals surface area (Å²) in [5.41, 5.74) is 24.8. The maximum absolute atomic E-state index is 7.63. The van der Waals surface area contributed by atoms with E-state index in [1.165, 1.54) is 59.2 Å². The maximum atomic E-state index is 7.63. The van der Waals surface area contributed by atoms with E-state index in [1.807, 2.05) is 11.3 Å². The summed E-state index contributed by atoms with van der Waals surface area (Å²) < 4.78 is 10.2. The number of para-hydroxylation sites is 4. The Kier molecular flexibility index (Phi) is 10.7. The minimum absolute atomic E-state index is 0.0238. The number of fused-ring (bicyclic) bond motifs is 12. The molecular formula is C76H65B2N5OS. The fourth-order valence-corrected chi connectivity index (χ4v) is 17.0. The van der Waals surface area contributed by atoms with E-state index in [-0.39, 0.29) is 35.1 Å². The first-order chi connectivity index (χ1) is 41.1. The van der Waals surface area contributed by atoms with Gasteiger partial charge in [-0.15, -0.1) is 11.3 Å². The average molecular weight is 1120 g/mol. The third-order valence-electron chi connectivity index (χ3n) is 20.4. The van der Waals surface area contributed by atoms with Gasteiger partial charge in [-0.3, -0.25) is 4.90 Å². The highest BCUT2D eigenvalue weighted by molar-refractivity contribution is 7.33. The predicted octanol–water partition coefficient (Wildman–Crippen LogP) is 16.2. The highest BCUT2D eigenvalue weighted by Gasteiger charge is 2.50. The summed E-state index contributed by atoms with van der Waals surface area (Å²) in [6, 6.07) is 74.8. The summed E-state index contributed by atoms with van der Waals surface area (Å²) in [5, 5.41) is 1.24. The first-order valence-electron chi connectivity index (χ1n) is 30.5. The molecule has 0 saturated carbocycles. The fraction of sp³-hybridized carbons (Fsp3) is 0.211. The molecule has 3 aromatic heterocycles. The third-order valence-corrected chi connectivity index (χ3v) is 21.7. The van der Waals surface area contributed by atoms with Gasteiger partial charge in [-0.25, -0.2) is 9.97 Å². The predicted molar refractivity (Wildman–Crippen MR) is 359 cm³/mol. The molecule has 0 fully saturated rings. The number of nitrogens with zero attached hydrogens (tertiary/aromatic N) is 5. The molecule has 0 amide bonds. The van der Waals surface area contributed by atoms with Crippen molar-refractivity contribution in [3.05, 3.63) is 222 Å². The van der Waals surface area contributed by atoms with Crippen molar-refractivity contribution in [2.45, 2.75) is 103 Å². The summed E-state index contributed by atoms with van der Waals surface area (Å²) in [6.45, 7) is 18.9. The molecule has 0 bridgehead atoms. The number of rotatable bonds is 5. The molecule has 0 saturated heterocycles. The van der Waals surface area contributed by atoms with Gasteiger partial charge in [0.1, 0.15) is 11.6 Å². The molecule has 6 nitrogen and oxygen atoms in total. The van der Waals surface area contributed by atoms with Gasteiger partial charge < -0.3 is 14.5 Å². The Bertz CT molecular complexity index is 4630. The van der Waals surface area contributed by atoms with Crippen LogP contribution in [0.15, 0.2) is 200 Å². The topological polar surface area (TPSA) is 44.7 Å². The van der Waals surface area contributed by atoms with Crippen LogP contribution in [0, 0.1) is 0 Å². The molecule has 85 heavy (non-hydrogen) atoms. The minimum atomic E-state index is -0.180. The molecular weight excluding hydrogens is 1050 g/mol.